The predicted molar refractivity (Wildman–Crippen MR) is 113 cm³/mol. The lowest BCUT2D eigenvalue weighted by Gasteiger charge is -2.10. The van der Waals surface area contributed by atoms with Crippen molar-refractivity contribution >= 4 is 23.2 Å². The van der Waals surface area contributed by atoms with E-state index in [1.807, 2.05) is 54.8 Å². The third kappa shape index (κ3) is 6.29. The number of hydrogen-bond donors (Lipinski definition) is 3. The van der Waals surface area contributed by atoms with E-state index in [-0.39, 0.29) is 12.0 Å². The largest absolute Gasteiger partial charge is 0.542 e. The van der Waals surface area contributed by atoms with E-state index in [1.165, 1.54) is 4.90 Å². The molecule has 3 aromatic rings. The number of rotatable bonds is 4. The maximum atomic E-state index is 12.9. The first-order valence-corrected chi connectivity index (χ1v) is 10.5. The molecule has 3 aromatic heterocycles. The Morgan fingerprint density at radius 3 is 2.56 bits per heavy atom. The van der Waals surface area contributed by atoms with Crippen LogP contribution in [-0.2, 0) is 11.3 Å². The summed E-state index contributed by atoms with van der Waals surface area (Å²) in [4.78, 5) is 32.0. The molecule has 182 valence electrons. The molecule has 4 heterocycles. The van der Waals surface area contributed by atoms with Crippen LogP contribution in [0.3, 0.4) is 0 Å². The molecular weight excluding hydrogens is 455 g/mol. The Morgan fingerprint density at radius 1 is 1.26 bits per heavy atom. The number of nitrogens with zero attached hydrogens (tertiary/aromatic N) is 3. The minimum absolute atomic E-state index is 0.243. The lowest BCUT2D eigenvalue weighted by atomic mass is 10.2. The minimum atomic E-state index is -5.19. The number of quaternary nitrogens is 1. The number of fused-ring (bicyclic) bond motifs is 1. The number of carboxylic acids is 1. The Kier molecular flexibility index (Phi) is 7.52. The number of halogens is 3. The number of aliphatic hydroxyl groups excluding tert-OH is 1. The zero-order valence-corrected chi connectivity index (χ0v) is 18.5. The Labute approximate surface area is 192 Å². The Morgan fingerprint density at radius 2 is 1.97 bits per heavy atom. The van der Waals surface area contributed by atoms with E-state index in [1.54, 1.807) is 0 Å². The number of aromatic nitrogens is 3. The van der Waals surface area contributed by atoms with Crippen LogP contribution in [0.5, 0.6) is 0 Å². The van der Waals surface area contributed by atoms with E-state index >= 15 is 0 Å². The topological polar surface area (TPSA) is 124 Å². The van der Waals surface area contributed by atoms with Crippen LogP contribution in [-0.4, -0.2) is 56.7 Å². The second-order valence-electron chi connectivity index (χ2n) is 8.07. The number of imidazole rings is 1. The SMILES string of the molecule is Cc1cc(C)nc(NC(=O)c2nc(C[NH+]3CCC(O)C3)c3ccccn23)c1.O=C([O-])C(F)(F)F. The molecule has 0 radical (unpaired) electrons. The maximum absolute atomic E-state index is 12.9. The van der Waals surface area contributed by atoms with Crippen LogP contribution in [0.1, 0.15) is 34.0 Å². The quantitative estimate of drug-likeness (QED) is 0.486. The number of aryl methyl sites for hydroxylation is 2. The molecule has 2 atom stereocenters. The first kappa shape index (κ1) is 25.1. The van der Waals surface area contributed by atoms with Gasteiger partial charge in [0.1, 0.15) is 36.7 Å². The molecule has 1 fully saturated rings. The zero-order valence-electron chi connectivity index (χ0n) is 18.5. The number of nitrogens with one attached hydrogen (secondary N) is 2. The van der Waals surface area contributed by atoms with Crippen LogP contribution in [0.2, 0.25) is 0 Å². The molecule has 4 rings (SSSR count). The molecule has 0 bridgehead atoms. The van der Waals surface area contributed by atoms with Gasteiger partial charge in [-0.25, -0.2) is 9.97 Å². The van der Waals surface area contributed by atoms with Gasteiger partial charge < -0.3 is 25.2 Å². The van der Waals surface area contributed by atoms with Gasteiger partial charge in [0.05, 0.1) is 12.1 Å². The van der Waals surface area contributed by atoms with Gasteiger partial charge in [-0.3, -0.25) is 9.20 Å². The van der Waals surface area contributed by atoms with Crippen molar-refractivity contribution in [3.63, 3.8) is 0 Å². The number of carbonyl (C=O) groups is 2. The summed E-state index contributed by atoms with van der Waals surface area (Å²) in [6.07, 6.45) is -2.77. The standard InChI is InChI=1S/C20H23N5O2.C2HF3O2/c1-13-9-14(2)21-18(10-13)23-20(27)19-22-16(12-24-8-6-15(26)11-24)17-5-3-4-7-25(17)19;3-2(4,5)1(6)7/h3-5,7,9-10,15,26H,6,8,11-12H2,1-2H3,(H,21,23,27);(H,6,7). The number of aliphatic carboxylic acids is 1. The number of aliphatic hydroxyl groups is 1. The van der Waals surface area contributed by atoms with Crippen molar-refractivity contribution in [1.82, 2.24) is 14.4 Å². The summed E-state index contributed by atoms with van der Waals surface area (Å²) >= 11 is 0. The van der Waals surface area contributed by atoms with Crippen molar-refractivity contribution < 1.29 is 37.9 Å². The summed E-state index contributed by atoms with van der Waals surface area (Å²) < 4.78 is 33.4. The Hall–Kier alpha value is -3.51. The fourth-order valence-corrected chi connectivity index (χ4v) is 3.78. The van der Waals surface area contributed by atoms with E-state index in [9.17, 15) is 23.1 Å². The summed E-state index contributed by atoms with van der Waals surface area (Å²) in [7, 11) is 0. The number of anilines is 1. The van der Waals surface area contributed by atoms with Crippen molar-refractivity contribution in [3.8, 4) is 0 Å². The van der Waals surface area contributed by atoms with E-state index in [2.05, 4.69) is 15.3 Å². The fourth-order valence-electron chi connectivity index (χ4n) is 3.78. The third-order valence-corrected chi connectivity index (χ3v) is 5.17. The summed E-state index contributed by atoms with van der Waals surface area (Å²) in [5, 5.41) is 21.4. The first-order valence-electron chi connectivity index (χ1n) is 10.5. The van der Waals surface area contributed by atoms with Crippen molar-refractivity contribution in [1.29, 1.82) is 0 Å². The lowest BCUT2D eigenvalue weighted by Crippen LogP contribution is -3.09. The van der Waals surface area contributed by atoms with E-state index in [0.29, 0.717) is 18.2 Å². The average molecular weight is 479 g/mol. The summed E-state index contributed by atoms with van der Waals surface area (Å²) in [5.41, 5.74) is 3.70. The molecule has 0 aromatic carbocycles. The highest BCUT2D eigenvalue weighted by Crippen LogP contribution is 2.16. The molecular formula is C22H24F3N5O4. The molecule has 1 aliphatic rings. The van der Waals surface area contributed by atoms with Gasteiger partial charge in [-0.05, 0) is 43.7 Å². The first-order chi connectivity index (χ1) is 15.9. The molecule has 9 nitrogen and oxygen atoms in total. The van der Waals surface area contributed by atoms with E-state index in [0.717, 1.165) is 42.0 Å². The molecule has 0 saturated carbocycles. The van der Waals surface area contributed by atoms with Crippen LogP contribution in [0.4, 0.5) is 19.0 Å². The maximum Gasteiger partial charge on any atom is 0.430 e. The third-order valence-electron chi connectivity index (χ3n) is 5.17. The normalized spacial score (nSPS) is 17.8. The molecule has 3 N–H and O–H groups in total. The van der Waals surface area contributed by atoms with Gasteiger partial charge in [0.2, 0.25) is 5.82 Å². The Balaban J connectivity index is 0.000000406. The molecule has 1 saturated heterocycles. The highest BCUT2D eigenvalue weighted by Gasteiger charge is 2.29. The summed E-state index contributed by atoms with van der Waals surface area (Å²) in [6, 6.07) is 9.61. The number of carboxylic acid groups (broad SMARTS) is 1. The molecule has 12 heteroatoms. The van der Waals surface area contributed by atoms with Crippen molar-refractivity contribution in [2.24, 2.45) is 0 Å². The van der Waals surface area contributed by atoms with Gasteiger partial charge in [-0.15, -0.1) is 0 Å². The fraction of sp³-hybridized carbons (Fsp3) is 0.364. The summed E-state index contributed by atoms with van der Waals surface area (Å²) in [6.45, 7) is 6.21. The number of alkyl halides is 3. The number of amides is 1. The summed E-state index contributed by atoms with van der Waals surface area (Å²) in [5.74, 6) is -2.41. The molecule has 34 heavy (non-hydrogen) atoms. The van der Waals surface area contributed by atoms with Gasteiger partial charge in [0.25, 0.3) is 5.91 Å². The molecule has 2 unspecified atom stereocenters. The van der Waals surface area contributed by atoms with Crippen LogP contribution >= 0.6 is 0 Å². The molecule has 1 aliphatic heterocycles. The van der Waals surface area contributed by atoms with Crippen LogP contribution in [0.25, 0.3) is 5.52 Å². The molecule has 1 amide bonds. The highest BCUT2D eigenvalue weighted by atomic mass is 19.4. The highest BCUT2D eigenvalue weighted by molar-refractivity contribution is 6.02. The number of carbonyl (C=O) groups excluding carboxylic acids is 2. The van der Waals surface area contributed by atoms with Gasteiger partial charge in [-0.2, -0.15) is 13.2 Å². The average Bonchev–Trinajstić information content (AvgIpc) is 3.31. The monoisotopic (exact) mass is 479 g/mol. The van der Waals surface area contributed by atoms with Crippen molar-refractivity contribution in [2.45, 2.75) is 39.1 Å². The number of likely N-dealkylation sites (tertiary alicyclic amines) is 1. The lowest BCUT2D eigenvalue weighted by molar-refractivity contribution is -0.902. The minimum Gasteiger partial charge on any atom is -0.542 e. The van der Waals surface area contributed by atoms with Gasteiger partial charge >= 0.3 is 6.18 Å². The van der Waals surface area contributed by atoms with Crippen LogP contribution in [0.15, 0.2) is 36.5 Å². The molecule has 0 aliphatic carbocycles. The van der Waals surface area contributed by atoms with Gasteiger partial charge in [0, 0.05) is 18.3 Å². The van der Waals surface area contributed by atoms with Crippen molar-refractivity contribution in [3.05, 3.63) is 59.3 Å². The van der Waals surface area contributed by atoms with E-state index < -0.39 is 12.1 Å². The van der Waals surface area contributed by atoms with Gasteiger partial charge in [-0.1, -0.05) is 6.07 Å². The van der Waals surface area contributed by atoms with Crippen LogP contribution < -0.4 is 15.3 Å². The Bertz CT molecular complexity index is 1170. The van der Waals surface area contributed by atoms with E-state index in [4.69, 9.17) is 9.90 Å². The molecule has 0 spiro atoms. The van der Waals surface area contributed by atoms with Crippen molar-refractivity contribution in [2.75, 3.05) is 18.4 Å². The second kappa shape index (κ2) is 10.2. The number of hydrogen-bond acceptors (Lipinski definition) is 6. The second-order valence-corrected chi connectivity index (χ2v) is 8.07. The number of pyridine rings is 2. The zero-order chi connectivity index (χ0) is 25.0. The van der Waals surface area contributed by atoms with Gasteiger partial charge in [0.15, 0.2) is 0 Å². The van der Waals surface area contributed by atoms with Crippen LogP contribution in [0, 0.1) is 13.8 Å². The predicted octanol–water partition coefficient (Wildman–Crippen LogP) is 0.0465. The smallest absolute Gasteiger partial charge is 0.430 e.